The summed E-state index contributed by atoms with van der Waals surface area (Å²) in [5.41, 5.74) is 1.17. The van der Waals surface area contributed by atoms with Crippen LogP contribution in [0.5, 0.6) is 11.5 Å². The number of ether oxygens (including phenoxy) is 2. The van der Waals surface area contributed by atoms with Crippen LogP contribution in [0.15, 0.2) is 6.07 Å². The molecule has 0 radical (unpaired) electrons. The largest absolute Gasteiger partial charge is 0.493 e. The van der Waals surface area contributed by atoms with Crippen molar-refractivity contribution in [2.24, 2.45) is 0 Å². The minimum absolute atomic E-state index is 0.112. The quantitative estimate of drug-likeness (QED) is 0.743. The zero-order chi connectivity index (χ0) is 15.5. The van der Waals surface area contributed by atoms with Crippen molar-refractivity contribution in [3.05, 3.63) is 22.2 Å². The van der Waals surface area contributed by atoms with Crippen LogP contribution >= 0.6 is 11.6 Å². The van der Waals surface area contributed by atoms with Crippen LogP contribution in [0.3, 0.4) is 0 Å². The van der Waals surface area contributed by atoms with Crippen LogP contribution in [0, 0.1) is 0 Å². The Balaban J connectivity index is 3.66. The highest BCUT2D eigenvalue weighted by Crippen LogP contribution is 2.43. The second-order valence-electron chi connectivity index (χ2n) is 5.61. The Morgan fingerprint density at radius 2 is 1.75 bits per heavy atom. The summed E-state index contributed by atoms with van der Waals surface area (Å²) in [4.78, 5) is 11.9. The van der Waals surface area contributed by atoms with Gasteiger partial charge < -0.3 is 9.47 Å². The van der Waals surface area contributed by atoms with Crippen LogP contribution in [-0.2, 0) is 5.41 Å². The molecule has 1 aromatic rings. The molecule has 0 aliphatic carbocycles. The number of carbonyl (C=O) groups excluding carboxylic acids is 1. The van der Waals surface area contributed by atoms with Crippen LogP contribution in [0.2, 0.25) is 5.02 Å². The fourth-order valence-electron chi connectivity index (χ4n) is 2.04. The van der Waals surface area contributed by atoms with E-state index in [0.717, 1.165) is 5.56 Å². The van der Waals surface area contributed by atoms with Crippen LogP contribution in [0.4, 0.5) is 0 Å². The maximum absolute atomic E-state index is 11.9. The van der Waals surface area contributed by atoms with Gasteiger partial charge in [0.05, 0.1) is 18.2 Å². The lowest BCUT2D eigenvalue weighted by atomic mass is 9.85. The molecule has 1 aromatic carbocycles. The van der Waals surface area contributed by atoms with Gasteiger partial charge in [-0.3, -0.25) is 4.79 Å². The molecule has 0 fully saturated rings. The average molecular weight is 299 g/mol. The van der Waals surface area contributed by atoms with E-state index in [9.17, 15) is 4.79 Å². The third-order valence-electron chi connectivity index (χ3n) is 2.93. The summed E-state index contributed by atoms with van der Waals surface area (Å²) in [7, 11) is 0. The molecule has 0 unspecified atom stereocenters. The molecule has 0 heterocycles. The molecule has 1 rings (SSSR count). The van der Waals surface area contributed by atoms with E-state index in [4.69, 9.17) is 21.1 Å². The Morgan fingerprint density at radius 1 is 1.20 bits per heavy atom. The van der Waals surface area contributed by atoms with Crippen LogP contribution in [0.25, 0.3) is 0 Å². The van der Waals surface area contributed by atoms with Crippen molar-refractivity contribution < 1.29 is 14.3 Å². The summed E-state index contributed by atoms with van der Waals surface area (Å²) in [6, 6.07) is 1.85. The SMILES string of the molecule is CCOc1cc(C(C)(C)C)c(Cl)c(OCC)c1C(C)=O. The number of halogens is 1. The molecule has 0 aliphatic rings. The van der Waals surface area contributed by atoms with E-state index in [1.165, 1.54) is 6.92 Å². The highest BCUT2D eigenvalue weighted by Gasteiger charge is 2.27. The van der Waals surface area contributed by atoms with Gasteiger partial charge in [0.1, 0.15) is 11.3 Å². The fraction of sp³-hybridized carbons (Fsp3) is 0.562. The number of hydrogen-bond donors (Lipinski definition) is 0. The minimum Gasteiger partial charge on any atom is -0.493 e. The first-order valence-electron chi connectivity index (χ1n) is 6.87. The maximum Gasteiger partial charge on any atom is 0.167 e. The third kappa shape index (κ3) is 3.45. The maximum atomic E-state index is 11.9. The number of benzene rings is 1. The van der Waals surface area contributed by atoms with Crippen LogP contribution in [0.1, 0.15) is 57.5 Å². The van der Waals surface area contributed by atoms with Crippen molar-refractivity contribution in [2.75, 3.05) is 13.2 Å². The summed E-state index contributed by atoms with van der Waals surface area (Å²) in [6.07, 6.45) is 0. The van der Waals surface area contributed by atoms with E-state index >= 15 is 0 Å². The Bertz CT molecular complexity index is 501. The molecule has 0 bridgehead atoms. The Morgan fingerprint density at radius 3 is 2.15 bits per heavy atom. The molecule has 0 aliphatic heterocycles. The van der Waals surface area contributed by atoms with Crippen molar-refractivity contribution >= 4 is 17.4 Å². The first-order valence-corrected chi connectivity index (χ1v) is 7.25. The summed E-state index contributed by atoms with van der Waals surface area (Å²) >= 11 is 6.46. The molecule has 0 N–H and O–H groups in total. The monoisotopic (exact) mass is 298 g/mol. The summed E-state index contributed by atoms with van der Waals surface area (Å²) in [6.45, 7) is 12.4. The van der Waals surface area contributed by atoms with Gasteiger partial charge in [0.15, 0.2) is 11.5 Å². The summed E-state index contributed by atoms with van der Waals surface area (Å²) in [5.74, 6) is 0.856. The lowest BCUT2D eigenvalue weighted by Crippen LogP contribution is -2.15. The van der Waals surface area contributed by atoms with E-state index in [1.807, 2.05) is 19.9 Å². The zero-order valence-corrected chi connectivity index (χ0v) is 13.9. The van der Waals surface area contributed by atoms with E-state index in [1.54, 1.807) is 0 Å². The number of carbonyl (C=O) groups is 1. The number of Topliss-reactive ketones (excluding diaryl/α,β-unsaturated/α-hetero) is 1. The highest BCUT2D eigenvalue weighted by atomic mass is 35.5. The fourth-order valence-corrected chi connectivity index (χ4v) is 2.53. The first kappa shape index (κ1) is 16.8. The van der Waals surface area contributed by atoms with Gasteiger partial charge in [-0.25, -0.2) is 0 Å². The Hall–Kier alpha value is -1.22. The zero-order valence-electron chi connectivity index (χ0n) is 13.1. The molecule has 20 heavy (non-hydrogen) atoms. The molecule has 0 saturated heterocycles. The van der Waals surface area contributed by atoms with E-state index in [-0.39, 0.29) is 11.2 Å². The van der Waals surface area contributed by atoms with Gasteiger partial charge in [0.25, 0.3) is 0 Å². The second-order valence-corrected chi connectivity index (χ2v) is 5.99. The highest BCUT2D eigenvalue weighted by molar-refractivity contribution is 6.33. The molecule has 0 aromatic heterocycles. The summed E-state index contributed by atoms with van der Waals surface area (Å²) in [5, 5.41) is 0.494. The summed E-state index contributed by atoms with van der Waals surface area (Å²) < 4.78 is 11.2. The lowest BCUT2D eigenvalue weighted by molar-refractivity contribution is 0.101. The molecule has 4 heteroatoms. The van der Waals surface area contributed by atoms with Crippen molar-refractivity contribution in [3.8, 4) is 11.5 Å². The predicted molar refractivity (Wildman–Crippen MR) is 82.5 cm³/mol. The minimum atomic E-state index is -0.163. The molecular weight excluding hydrogens is 276 g/mol. The molecule has 112 valence electrons. The Kier molecular flexibility index (Phi) is 5.46. The number of ketones is 1. The lowest BCUT2D eigenvalue weighted by Gasteiger charge is -2.25. The molecule has 0 atom stereocenters. The van der Waals surface area contributed by atoms with Gasteiger partial charge in [0, 0.05) is 0 Å². The van der Waals surface area contributed by atoms with Gasteiger partial charge in [-0.05, 0) is 37.8 Å². The van der Waals surface area contributed by atoms with Crippen molar-refractivity contribution in [2.45, 2.75) is 47.0 Å². The number of rotatable bonds is 5. The second kappa shape index (κ2) is 6.49. The normalized spacial score (nSPS) is 11.3. The Labute approximate surface area is 126 Å². The molecular formula is C16H23ClO3. The number of hydrogen-bond acceptors (Lipinski definition) is 3. The smallest absolute Gasteiger partial charge is 0.167 e. The molecule has 3 nitrogen and oxygen atoms in total. The van der Waals surface area contributed by atoms with E-state index < -0.39 is 0 Å². The van der Waals surface area contributed by atoms with Crippen molar-refractivity contribution in [1.82, 2.24) is 0 Å². The van der Waals surface area contributed by atoms with E-state index in [0.29, 0.717) is 35.3 Å². The standard InChI is InChI=1S/C16H23ClO3/c1-7-19-12-9-11(16(4,5)6)14(17)15(20-8-2)13(12)10(3)18/h9H,7-8H2,1-6H3. The molecule has 0 spiro atoms. The van der Waals surface area contributed by atoms with E-state index in [2.05, 4.69) is 20.8 Å². The predicted octanol–water partition coefficient (Wildman–Crippen LogP) is 4.64. The first-order chi connectivity index (χ1) is 9.23. The third-order valence-corrected chi connectivity index (χ3v) is 3.31. The van der Waals surface area contributed by atoms with Crippen molar-refractivity contribution in [3.63, 3.8) is 0 Å². The van der Waals surface area contributed by atoms with Gasteiger partial charge in [-0.2, -0.15) is 0 Å². The van der Waals surface area contributed by atoms with Gasteiger partial charge in [0.2, 0.25) is 0 Å². The van der Waals surface area contributed by atoms with Crippen LogP contribution in [-0.4, -0.2) is 19.0 Å². The topological polar surface area (TPSA) is 35.5 Å². The molecule has 0 saturated carbocycles. The average Bonchev–Trinajstić information content (AvgIpc) is 2.31. The van der Waals surface area contributed by atoms with Crippen LogP contribution < -0.4 is 9.47 Å². The van der Waals surface area contributed by atoms with Gasteiger partial charge in [-0.1, -0.05) is 32.4 Å². The van der Waals surface area contributed by atoms with Gasteiger partial charge >= 0.3 is 0 Å². The van der Waals surface area contributed by atoms with Crippen molar-refractivity contribution in [1.29, 1.82) is 0 Å². The molecule has 0 amide bonds. The van der Waals surface area contributed by atoms with Gasteiger partial charge in [-0.15, -0.1) is 0 Å².